The number of allylic oxidation sites excluding steroid dienone is 1. The Balaban J connectivity index is 1.72. The first-order chi connectivity index (χ1) is 14.8. The van der Waals surface area contributed by atoms with Gasteiger partial charge in [-0.2, -0.15) is 18.4 Å². The second-order valence-corrected chi connectivity index (χ2v) is 7.54. The van der Waals surface area contributed by atoms with Crippen molar-refractivity contribution in [2.24, 2.45) is 7.05 Å². The number of rotatable bonds is 4. The van der Waals surface area contributed by atoms with Gasteiger partial charge in [0.2, 0.25) is 5.82 Å². The van der Waals surface area contributed by atoms with Crippen molar-refractivity contribution in [3.63, 3.8) is 0 Å². The standard InChI is InChI=1S/C21H14F3N5OS/c1-29-16-9-5-4-8-15(16)26-18(29)13(10-25)17(30)11-31-19-12-6-2-3-7-14(12)27-20(28-19)21(22,23)24/h2-9,30H,11H2,1H3/b17-13-. The van der Waals surface area contributed by atoms with E-state index in [-0.39, 0.29) is 33.5 Å². The van der Waals surface area contributed by atoms with Gasteiger partial charge in [-0.05, 0) is 18.2 Å². The van der Waals surface area contributed by atoms with Crippen LogP contribution in [0.15, 0.2) is 59.3 Å². The summed E-state index contributed by atoms with van der Waals surface area (Å²) in [4.78, 5) is 11.6. The summed E-state index contributed by atoms with van der Waals surface area (Å²) in [5.74, 6) is -1.45. The molecule has 0 atom stereocenters. The summed E-state index contributed by atoms with van der Waals surface area (Å²) in [6, 6.07) is 15.5. The van der Waals surface area contributed by atoms with E-state index >= 15 is 0 Å². The van der Waals surface area contributed by atoms with Gasteiger partial charge in [0.05, 0.1) is 22.3 Å². The molecule has 31 heavy (non-hydrogen) atoms. The van der Waals surface area contributed by atoms with Crippen LogP contribution in [0, 0.1) is 11.3 Å². The Morgan fingerprint density at radius 3 is 2.42 bits per heavy atom. The first kappa shape index (κ1) is 20.7. The topological polar surface area (TPSA) is 87.6 Å². The summed E-state index contributed by atoms with van der Waals surface area (Å²) in [6.07, 6.45) is -4.71. The highest BCUT2D eigenvalue weighted by molar-refractivity contribution is 7.99. The first-order valence-corrected chi connectivity index (χ1v) is 9.99. The highest BCUT2D eigenvalue weighted by atomic mass is 32.2. The molecule has 6 nitrogen and oxygen atoms in total. The molecule has 0 amide bonds. The fourth-order valence-corrected chi connectivity index (χ4v) is 4.00. The van der Waals surface area contributed by atoms with Crippen molar-refractivity contribution in [3.05, 3.63) is 65.9 Å². The van der Waals surface area contributed by atoms with Crippen molar-refractivity contribution in [1.29, 1.82) is 5.26 Å². The van der Waals surface area contributed by atoms with Crippen LogP contribution in [0.25, 0.3) is 27.5 Å². The van der Waals surface area contributed by atoms with Crippen LogP contribution in [0.5, 0.6) is 0 Å². The molecule has 10 heteroatoms. The number of fused-ring (bicyclic) bond motifs is 2. The lowest BCUT2D eigenvalue weighted by Gasteiger charge is -2.10. The van der Waals surface area contributed by atoms with Gasteiger partial charge in [-0.15, -0.1) is 0 Å². The molecule has 0 saturated carbocycles. The molecule has 1 N–H and O–H groups in total. The van der Waals surface area contributed by atoms with Crippen molar-refractivity contribution in [2.75, 3.05) is 5.75 Å². The van der Waals surface area contributed by atoms with Crippen LogP contribution in [-0.2, 0) is 13.2 Å². The van der Waals surface area contributed by atoms with Gasteiger partial charge in [-0.3, -0.25) is 0 Å². The predicted molar refractivity (Wildman–Crippen MR) is 111 cm³/mol. The molecule has 0 aliphatic heterocycles. The van der Waals surface area contributed by atoms with Crippen LogP contribution in [0.1, 0.15) is 11.6 Å². The lowest BCUT2D eigenvalue weighted by atomic mass is 10.2. The van der Waals surface area contributed by atoms with Gasteiger partial charge in [0.25, 0.3) is 0 Å². The predicted octanol–water partition coefficient (Wildman–Crippen LogP) is 5.12. The van der Waals surface area contributed by atoms with Gasteiger partial charge in [0.15, 0.2) is 5.82 Å². The Bertz CT molecular complexity index is 1370. The Hall–Kier alpha value is -3.58. The Morgan fingerprint density at radius 1 is 1.06 bits per heavy atom. The number of nitrogens with zero attached hydrogens (tertiary/aromatic N) is 5. The summed E-state index contributed by atoms with van der Waals surface area (Å²) < 4.78 is 41.3. The van der Waals surface area contributed by atoms with Gasteiger partial charge in [-0.25, -0.2) is 15.0 Å². The summed E-state index contributed by atoms with van der Waals surface area (Å²) in [7, 11) is 1.72. The zero-order valence-electron chi connectivity index (χ0n) is 16.1. The highest BCUT2D eigenvalue weighted by Gasteiger charge is 2.35. The number of hydrogen-bond donors (Lipinski definition) is 1. The molecular formula is C21H14F3N5OS. The maximum absolute atomic E-state index is 13.2. The lowest BCUT2D eigenvalue weighted by molar-refractivity contribution is -0.145. The molecule has 2 heterocycles. The van der Waals surface area contributed by atoms with Gasteiger partial charge < -0.3 is 9.67 Å². The summed E-state index contributed by atoms with van der Waals surface area (Å²) in [5.41, 5.74) is 1.53. The smallest absolute Gasteiger partial charge is 0.451 e. The molecule has 4 aromatic rings. The summed E-state index contributed by atoms with van der Waals surface area (Å²) in [6.45, 7) is 0. The van der Waals surface area contributed by atoms with Crippen molar-refractivity contribution in [2.45, 2.75) is 11.2 Å². The summed E-state index contributed by atoms with van der Waals surface area (Å²) in [5, 5.41) is 20.7. The highest BCUT2D eigenvalue weighted by Crippen LogP contribution is 2.33. The van der Waals surface area contributed by atoms with Crippen LogP contribution in [-0.4, -0.2) is 30.4 Å². The second-order valence-electron chi connectivity index (χ2n) is 6.57. The number of aliphatic hydroxyl groups is 1. The fraction of sp³-hybridized carbons (Fsp3) is 0.143. The third-order valence-corrected chi connectivity index (χ3v) is 5.58. The molecular weight excluding hydrogens is 427 g/mol. The van der Waals surface area contributed by atoms with Crippen LogP contribution in [0.2, 0.25) is 0 Å². The quantitative estimate of drug-likeness (QED) is 0.205. The number of para-hydroxylation sites is 3. The number of aryl methyl sites for hydroxylation is 1. The Kier molecular flexibility index (Phi) is 5.29. The third kappa shape index (κ3) is 3.92. The van der Waals surface area contributed by atoms with E-state index in [4.69, 9.17) is 0 Å². The monoisotopic (exact) mass is 441 g/mol. The molecule has 2 aromatic carbocycles. The average Bonchev–Trinajstić information content (AvgIpc) is 3.08. The number of nitriles is 1. The SMILES string of the molecule is Cn1c(/C(C#N)=C(\O)CSc2nc(C(F)(F)F)nc3ccccc23)nc2ccccc21. The molecule has 0 aliphatic rings. The Morgan fingerprint density at radius 2 is 1.74 bits per heavy atom. The van der Waals surface area contributed by atoms with E-state index in [0.29, 0.717) is 10.9 Å². The number of hydrogen-bond acceptors (Lipinski definition) is 6. The average molecular weight is 441 g/mol. The zero-order chi connectivity index (χ0) is 22.2. The molecule has 2 aromatic heterocycles. The minimum absolute atomic E-state index is 0.0550. The molecule has 0 spiro atoms. The van der Waals surface area contributed by atoms with Crippen molar-refractivity contribution < 1.29 is 18.3 Å². The van der Waals surface area contributed by atoms with Crippen molar-refractivity contribution in [1.82, 2.24) is 19.5 Å². The number of aromatic nitrogens is 4. The third-order valence-electron chi connectivity index (χ3n) is 4.58. The van der Waals surface area contributed by atoms with Crippen LogP contribution < -0.4 is 0 Å². The van der Waals surface area contributed by atoms with E-state index in [1.807, 2.05) is 24.3 Å². The number of imidazole rings is 1. The molecule has 156 valence electrons. The van der Waals surface area contributed by atoms with Crippen LogP contribution in [0.4, 0.5) is 13.2 Å². The van der Waals surface area contributed by atoms with Crippen LogP contribution >= 0.6 is 11.8 Å². The second kappa shape index (κ2) is 7.92. The van der Waals surface area contributed by atoms with E-state index in [9.17, 15) is 23.5 Å². The molecule has 0 unspecified atom stereocenters. The molecule has 0 saturated heterocycles. The zero-order valence-corrected chi connectivity index (χ0v) is 16.9. The number of halogens is 3. The van der Waals surface area contributed by atoms with E-state index in [2.05, 4.69) is 15.0 Å². The fourth-order valence-electron chi connectivity index (χ4n) is 3.11. The van der Waals surface area contributed by atoms with E-state index < -0.39 is 12.0 Å². The minimum atomic E-state index is -4.71. The first-order valence-electron chi connectivity index (χ1n) is 9.00. The maximum Gasteiger partial charge on any atom is 0.451 e. The van der Waals surface area contributed by atoms with Crippen molar-refractivity contribution in [3.8, 4) is 6.07 Å². The number of aliphatic hydroxyl groups excluding tert-OH is 1. The van der Waals surface area contributed by atoms with Crippen LogP contribution in [0.3, 0.4) is 0 Å². The molecule has 4 rings (SSSR count). The van der Waals surface area contributed by atoms with E-state index in [1.165, 1.54) is 6.07 Å². The number of thioether (sulfide) groups is 1. The molecule has 0 fully saturated rings. The molecule has 0 aliphatic carbocycles. The maximum atomic E-state index is 13.2. The Labute approximate surface area is 178 Å². The number of benzene rings is 2. The molecule has 0 bridgehead atoms. The summed E-state index contributed by atoms with van der Waals surface area (Å²) >= 11 is 0.892. The van der Waals surface area contributed by atoms with Gasteiger partial charge in [0.1, 0.15) is 22.4 Å². The van der Waals surface area contributed by atoms with E-state index in [0.717, 1.165) is 17.3 Å². The van der Waals surface area contributed by atoms with E-state index in [1.54, 1.807) is 35.9 Å². The largest absolute Gasteiger partial charge is 0.510 e. The lowest BCUT2D eigenvalue weighted by Crippen LogP contribution is -2.12. The normalized spacial score (nSPS) is 12.7. The number of alkyl halides is 3. The molecule has 0 radical (unpaired) electrons. The van der Waals surface area contributed by atoms with Crippen molar-refractivity contribution >= 4 is 39.3 Å². The van der Waals surface area contributed by atoms with Gasteiger partial charge in [0, 0.05) is 12.4 Å². The van der Waals surface area contributed by atoms with Gasteiger partial charge in [-0.1, -0.05) is 42.1 Å². The minimum Gasteiger partial charge on any atom is -0.510 e. The van der Waals surface area contributed by atoms with Gasteiger partial charge >= 0.3 is 6.18 Å².